The molecule has 0 fully saturated rings. The van der Waals surface area contributed by atoms with Gasteiger partial charge in [0.1, 0.15) is 0 Å². The van der Waals surface area contributed by atoms with Gasteiger partial charge in [-0.1, -0.05) is 30.4 Å². The number of carbonyl (C=O) groups is 1. The lowest BCUT2D eigenvalue weighted by molar-refractivity contribution is -0.136. The van der Waals surface area contributed by atoms with Gasteiger partial charge >= 0.3 is 5.97 Å². The number of hydrogen-bond donors (Lipinski definition) is 1. The van der Waals surface area contributed by atoms with Crippen molar-refractivity contribution < 1.29 is 9.90 Å². The summed E-state index contributed by atoms with van der Waals surface area (Å²) >= 11 is 1.59. The molecule has 0 radical (unpaired) electrons. The van der Waals surface area contributed by atoms with Crippen molar-refractivity contribution in [1.82, 2.24) is 4.98 Å². The number of aryl methyl sites for hydroxylation is 2. The van der Waals surface area contributed by atoms with Gasteiger partial charge in [0.15, 0.2) is 0 Å². The van der Waals surface area contributed by atoms with Crippen LogP contribution in [-0.4, -0.2) is 16.1 Å². The molecule has 0 aliphatic heterocycles. The summed E-state index contributed by atoms with van der Waals surface area (Å²) in [6, 6.07) is 10.2. The quantitative estimate of drug-likeness (QED) is 0.756. The Kier molecular flexibility index (Phi) is 4.26. The average Bonchev–Trinajstić information content (AvgIpc) is 2.88. The number of benzene rings is 1. The number of aliphatic carboxylic acids is 1. The molecule has 0 atom stereocenters. The summed E-state index contributed by atoms with van der Waals surface area (Å²) in [7, 11) is 0. The van der Waals surface area contributed by atoms with Crippen LogP contribution in [0.1, 0.15) is 28.1 Å². The summed E-state index contributed by atoms with van der Waals surface area (Å²) in [5.41, 5.74) is 5.12. The zero-order valence-electron chi connectivity index (χ0n) is 13.0. The Balaban J connectivity index is 1.89. The number of fused-ring (bicyclic) bond motifs is 1. The number of thiophene rings is 1. The Labute approximate surface area is 138 Å². The highest BCUT2D eigenvalue weighted by Crippen LogP contribution is 2.28. The zero-order valence-corrected chi connectivity index (χ0v) is 13.9. The van der Waals surface area contributed by atoms with Crippen LogP contribution in [0.25, 0.3) is 22.2 Å². The second-order valence-corrected chi connectivity index (χ2v) is 6.46. The molecule has 3 aromatic rings. The summed E-state index contributed by atoms with van der Waals surface area (Å²) in [5.74, 6) is -0.795. The van der Waals surface area contributed by atoms with Crippen LogP contribution in [0.5, 0.6) is 0 Å². The van der Waals surface area contributed by atoms with Crippen LogP contribution in [0, 0.1) is 13.8 Å². The second-order valence-electron chi connectivity index (χ2n) is 5.55. The lowest BCUT2D eigenvalue weighted by Gasteiger charge is -2.01. The number of carboxylic acid groups (broad SMARTS) is 1. The van der Waals surface area contributed by atoms with Crippen LogP contribution in [0.4, 0.5) is 0 Å². The fourth-order valence-electron chi connectivity index (χ4n) is 2.56. The minimum absolute atomic E-state index is 0.0728. The van der Waals surface area contributed by atoms with Crippen LogP contribution >= 0.6 is 11.3 Å². The molecule has 0 aliphatic carbocycles. The van der Waals surface area contributed by atoms with Crippen LogP contribution in [0.15, 0.2) is 35.7 Å². The van der Waals surface area contributed by atoms with Crippen LogP contribution in [-0.2, 0) is 11.2 Å². The monoisotopic (exact) mass is 323 g/mol. The molecule has 0 amide bonds. The van der Waals surface area contributed by atoms with E-state index in [0.717, 1.165) is 38.2 Å². The van der Waals surface area contributed by atoms with Crippen molar-refractivity contribution in [2.75, 3.05) is 0 Å². The van der Waals surface area contributed by atoms with Gasteiger partial charge in [-0.05, 0) is 53.4 Å². The molecule has 2 aromatic heterocycles. The highest BCUT2D eigenvalue weighted by atomic mass is 32.1. The van der Waals surface area contributed by atoms with Crippen molar-refractivity contribution in [3.05, 3.63) is 63.8 Å². The van der Waals surface area contributed by atoms with E-state index in [9.17, 15) is 4.79 Å². The van der Waals surface area contributed by atoms with E-state index in [-0.39, 0.29) is 6.42 Å². The highest BCUT2D eigenvalue weighted by Gasteiger charge is 2.07. The number of pyridine rings is 1. The van der Waals surface area contributed by atoms with Gasteiger partial charge in [0.05, 0.1) is 6.42 Å². The molecular formula is C19H17NO2S. The van der Waals surface area contributed by atoms with E-state index in [1.807, 2.05) is 37.4 Å². The Hall–Kier alpha value is -2.46. The third kappa shape index (κ3) is 3.48. The van der Waals surface area contributed by atoms with Crippen LogP contribution in [0.2, 0.25) is 0 Å². The van der Waals surface area contributed by atoms with Gasteiger partial charge in [0.25, 0.3) is 0 Å². The zero-order chi connectivity index (χ0) is 16.4. The van der Waals surface area contributed by atoms with Gasteiger partial charge in [-0.2, -0.15) is 0 Å². The van der Waals surface area contributed by atoms with Gasteiger partial charge in [-0.25, -0.2) is 0 Å². The topological polar surface area (TPSA) is 50.2 Å². The predicted octanol–water partition coefficient (Wildman–Crippen LogP) is 4.71. The van der Waals surface area contributed by atoms with E-state index in [4.69, 9.17) is 5.11 Å². The molecule has 0 spiro atoms. The molecule has 1 aromatic carbocycles. The molecule has 0 aliphatic rings. The molecule has 3 rings (SSSR count). The second kappa shape index (κ2) is 6.34. The maximum Gasteiger partial charge on any atom is 0.307 e. The van der Waals surface area contributed by atoms with Crippen molar-refractivity contribution >= 4 is 39.5 Å². The Bertz CT molecular complexity index is 909. The number of rotatable bonds is 4. The summed E-state index contributed by atoms with van der Waals surface area (Å²) in [5, 5.41) is 11.9. The summed E-state index contributed by atoms with van der Waals surface area (Å²) in [6.07, 6.45) is 4.20. The molecule has 23 heavy (non-hydrogen) atoms. The first-order valence-corrected chi connectivity index (χ1v) is 8.25. The molecule has 0 saturated heterocycles. The average molecular weight is 323 g/mol. The molecule has 3 nitrogen and oxygen atoms in total. The number of hydrogen-bond acceptors (Lipinski definition) is 3. The first-order chi connectivity index (χ1) is 11.0. The summed E-state index contributed by atoms with van der Waals surface area (Å²) in [6.45, 7) is 3.99. The van der Waals surface area contributed by atoms with Crippen molar-refractivity contribution in [3.63, 3.8) is 0 Å². The maximum atomic E-state index is 10.9. The van der Waals surface area contributed by atoms with Gasteiger partial charge in [-0.15, -0.1) is 11.3 Å². The molecule has 0 bridgehead atoms. The SMILES string of the molecule is Cc1ccc(C=Cc2ccc3c(CC(=O)O)csc3c2)c(C)n1. The third-order valence-electron chi connectivity index (χ3n) is 3.74. The smallest absolute Gasteiger partial charge is 0.307 e. The normalized spacial score (nSPS) is 11.4. The van der Waals surface area contributed by atoms with Crippen LogP contribution in [0.3, 0.4) is 0 Å². The van der Waals surface area contributed by atoms with Gasteiger partial charge < -0.3 is 5.11 Å². The molecule has 2 heterocycles. The molecule has 1 N–H and O–H groups in total. The van der Waals surface area contributed by atoms with Gasteiger partial charge in [0, 0.05) is 16.1 Å². The van der Waals surface area contributed by atoms with E-state index in [1.54, 1.807) is 11.3 Å². The van der Waals surface area contributed by atoms with E-state index in [1.165, 1.54) is 0 Å². The Morgan fingerprint density at radius 2 is 2.04 bits per heavy atom. The molecule has 0 saturated carbocycles. The van der Waals surface area contributed by atoms with Crippen molar-refractivity contribution in [2.45, 2.75) is 20.3 Å². The molecular weight excluding hydrogens is 306 g/mol. The number of aromatic nitrogens is 1. The van der Waals surface area contributed by atoms with Crippen molar-refractivity contribution in [2.24, 2.45) is 0 Å². The standard InChI is InChI=1S/C19H17NO2S/c1-12-3-6-15(13(2)20-12)7-4-14-5-8-17-16(10-19(21)22)11-23-18(17)9-14/h3-9,11H,10H2,1-2H3,(H,21,22). The Morgan fingerprint density at radius 1 is 1.22 bits per heavy atom. The van der Waals surface area contributed by atoms with Crippen molar-refractivity contribution in [3.8, 4) is 0 Å². The first kappa shape index (κ1) is 15.4. The molecule has 4 heteroatoms. The lowest BCUT2D eigenvalue weighted by atomic mass is 10.1. The maximum absolute atomic E-state index is 10.9. The molecule has 116 valence electrons. The van der Waals surface area contributed by atoms with Crippen molar-refractivity contribution in [1.29, 1.82) is 0 Å². The summed E-state index contributed by atoms with van der Waals surface area (Å²) < 4.78 is 1.11. The van der Waals surface area contributed by atoms with E-state index in [2.05, 4.69) is 29.3 Å². The van der Waals surface area contributed by atoms with Gasteiger partial charge in [-0.3, -0.25) is 9.78 Å². The van der Waals surface area contributed by atoms with Crippen LogP contribution < -0.4 is 0 Å². The van der Waals surface area contributed by atoms with E-state index >= 15 is 0 Å². The lowest BCUT2D eigenvalue weighted by Crippen LogP contribution is -1.98. The fourth-order valence-corrected chi connectivity index (χ4v) is 3.57. The third-order valence-corrected chi connectivity index (χ3v) is 4.74. The summed E-state index contributed by atoms with van der Waals surface area (Å²) in [4.78, 5) is 15.3. The largest absolute Gasteiger partial charge is 0.481 e. The Morgan fingerprint density at radius 3 is 2.78 bits per heavy atom. The molecule has 0 unspecified atom stereocenters. The number of nitrogens with zero attached hydrogens (tertiary/aromatic N) is 1. The highest BCUT2D eigenvalue weighted by molar-refractivity contribution is 7.17. The van der Waals surface area contributed by atoms with Gasteiger partial charge in [0.2, 0.25) is 0 Å². The fraction of sp³-hybridized carbons (Fsp3) is 0.158. The first-order valence-electron chi connectivity index (χ1n) is 7.37. The minimum Gasteiger partial charge on any atom is -0.481 e. The van der Waals surface area contributed by atoms with E-state index < -0.39 is 5.97 Å². The predicted molar refractivity (Wildman–Crippen MR) is 95.8 cm³/mol. The van der Waals surface area contributed by atoms with E-state index in [0.29, 0.717) is 0 Å². The minimum atomic E-state index is -0.795. The number of carboxylic acids is 1.